The summed E-state index contributed by atoms with van der Waals surface area (Å²) in [5, 5.41) is 9.28. The molecule has 3 atom stereocenters. The van der Waals surface area contributed by atoms with Crippen molar-refractivity contribution >= 4 is 11.9 Å². The van der Waals surface area contributed by atoms with Gasteiger partial charge in [-0.15, -0.1) is 0 Å². The van der Waals surface area contributed by atoms with Gasteiger partial charge in [0, 0.05) is 19.7 Å². The fourth-order valence-corrected chi connectivity index (χ4v) is 7.27. The van der Waals surface area contributed by atoms with Crippen molar-refractivity contribution in [1.29, 1.82) is 0 Å². The van der Waals surface area contributed by atoms with E-state index in [0.717, 1.165) is 62.9 Å². The Morgan fingerprint density at radius 3 is 2.40 bits per heavy atom. The molecule has 2 saturated heterocycles. The van der Waals surface area contributed by atoms with Crippen LogP contribution in [0.1, 0.15) is 83.2 Å². The minimum absolute atomic E-state index is 0.0830. The molecule has 1 N–H and O–H groups in total. The van der Waals surface area contributed by atoms with Crippen LogP contribution in [0.25, 0.3) is 0 Å². The molecular formula is C32H36F4N2O5. The first kappa shape index (κ1) is 30.0. The normalized spacial score (nSPS) is 27.1. The lowest BCUT2D eigenvalue weighted by Crippen LogP contribution is -2.59. The summed E-state index contributed by atoms with van der Waals surface area (Å²) in [6.07, 6.45) is -0.305. The van der Waals surface area contributed by atoms with Crippen LogP contribution in [0.15, 0.2) is 36.4 Å². The number of carboxylic acid groups (broad SMARTS) is 1. The summed E-state index contributed by atoms with van der Waals surface area (Å²) < 4.78 is 66.3. The molecule has 1 saturated carbocycles. The van der Waals surface area contributed by atoms with Gasteiger partial charge in [0.15, 0.2) is 0 Å². The smallest absolute Gasteiger partial charge is 0.416 e. The minimum atomic E-state index is -4.48. The first-order valence-corrected chi connectivity index (χ1v) is 14.9. The number of benzene rings is 2. The third kappa shape index (κ3) is 5.79. The van der Waals surface area contributed by atoms with Crippen molar-refractivity contribution in [3.05, 3.63) is 70.0 Å². The number of carbonyl (C=O) groups is 2. The molecule has 232 valence electrons. The van der Waals surface area contributed by atoms with E-state index in [1.165, 1.54) is 25.3 Å². The van der Waals surface area contributed by atoms with Crippen LogP contribution in [-0.4, -0.2) is 71.8 Å². The van der Waals surface area contributed by atoms with Crippen molar-refractivity contribution in [1.82, 2.24) is 9.80 Å². The Hall–Kier alpha value is -3.02. The van der Waals surface area contributed by atoms with E-state index in [2.05, 4.69) is 4.90 Å². The number of ether oxygens (including phenoxy) is 2. The van der Waals surface area contributed by atoms with Crippen LogP contribution in [0, 0.1) is 11.7 Å². The van der Waals surface area contributed by atoms with Crippen molar-refractivity contribution in [2.75, 3.05) is 33.4 Å². The highest BCUT2D eigenvalue weighted by Crippen LogP contribution is 2.49. The Morgan fingerprint density at radius 2 is 1.79 bits per heavy atom. The molecule has 1 amide bonds. The molecule has 43 heavy (non-hydrogen) atoms. The molecule has 6 rings (SSSR count). The number of amides is 1. The van der Waals surface area contributed by atoms with E-state index >= 15 is 0 Å². The maximum Gasteiger partial charge on any atom is 0.416 e. The lowest BCUT2D eigenvalue weighted by Gasteiger charge is -2.47. The van der Waals surface area contributed by atoms with E-state index in [4.69, 9.17) is 9.47 Å². The first-order chi connectivity index (χ1) is 20.5. The van der Waals surface area contributed by atoms with Gasteiger partial charge in [0.1, 0.15) is 11.4 Å². The number of fused-ring (bicyclic) bond motifs is 1. The number of likely N-dealkylation sites (tertiary alicyclic amines) is 1. The summed E-state index contributed by atoms with van der Waals surface area (Å²) in [6.45, 7) is 2.30. The molecule has 3 aliphatic heterocycles. The molecule has 0 aromatic heterocycles. The average molecular weight is 605 g/mol. The summed E-state index contributed by atoms with van der Waals surface area (Å²) in [5.74, 6) is -1.94. The summed E-state index contributed by atoms with van der Waals surface area (Å²) in [5.41, 5.74) is -0.0796. The van der Waals surface area contributed by atoms with Gasteiger partial charge in [-0.05, 0) is 104 Å². The number of hydrogen-bond acceptors (Lipinski definition) is 5. The van der Waals surface area contributed by atoms with Crippen LogP contribution in [-0.2, 0) is 27.0 Å². The van der Waals surface area contributed by atoms with E-state index in [0.29, 0.717) is 24.2 Å². The van der Waals surface area contributed by atoms with Crippen molar-refractivity contribution in [3.8, 4) is 0 Å². The summed E-state index contributed by atoms with van der Waals surface area (Å²) in [7, 11) is 1.50. The number of carboxylic acids is 1. The summed E-state index contributed by atoms with van der Waals surface area (Å²) in [6, 6.07) is 8.10. The van der Waals surface area contributed by atoms with Crippen molar-refractivity contribution in [2.45, 2.75) is 74.9 Å². The lowest BCUT2D eigenvalue weighted by atomic mass is 9.83. The largest absolute Gasteiger partial charge is 0.478 e. The molecule has 0 spiro atoms. The van der Waals surface area contributed by atoms with Crippen LogP contribution < -0.4 is 0 Å². The second-order valence-corrected chi connectivity index (χ2v) is 12.3. The second-order valence-electron chi connectivity index (χ2n) is 12.3. The topological polar surface area (TPSA) is 79.3 Å². The second kappa shape index (κ2) is 11.5. The minimum Gasteiger partial charge on any atom is -0.478 e. The maximum absolute atomic E-state index is 14.1. The standard InChI is InChI=1S/C32H36F4N2O5/c1-42-28-17-38(16-21-14-23(32(34,35)36)5-6-25(21)28)30(41)31(22-3-4-22)11-8-24(18-43-31)37-12-9-19(10-13-37)20-2-7-27(33)26(15-20)29(39)40/h2,5-7,14-15,19,22,24,28H,3-4,8-13,16-18H2,1H3,(H,39,40)/t24-,28?,31+/m1/s1. The number of methoxy groups -OCH3 is 1. The molecule has 11 heteroatoms. The van der Waals surface area contributed by atoms with E-state index in [1.807, 2.05) is 0 Å². The molecule has 2 aromatic rings. The van der Waals surface area contributed by atoms with Gasteiger partial charge in [-0.2, -0.15) is 13.2 Å². The highest BCUT2D eigenvalue weighted by atomic mass is 19.4. The number of aromatic carboxylic acids is 1. The van der Waals surface area contributed by atoms with Crippen LogP contribution in [0.4, 0.5) is 17.6 Å². The van der Waals surface area contributed by atoms with E-state index < -0.39 is 35.2 Å². The Kier molecular flexibility index (Phi) is 8.02. The number of piperidine rings is 1. The number of rotatable bonds is 6. The van der Waals surface area contributed by atoms with Gasteiger partial charge in [0.2, 0.25) is 0 Å². The van der Waals surface area contributed by atoms with Crippen LogP contribution in [0.2, 0.25) is 0 Å². The van der Waals surface area contributed by atoms with Crippen molar-refractivity contribution in [2.24, 2.45) is 5.92 Å². The number of halogens is 4. The van der Waals surface area contributed by atoms with E-state index in [-0.39, 0.29) is 42.4 Å². The molecule has 0 bridgehead atoms. The number of nitrogens with zero attached hydrogens (tertiary/aromatic N) is 2. The fraction of sp³-hybridized carbons (Fsp3) is 0.562. The number of carbonyl (C=O) groups excluding carboxylic acids is 1. The van der Waals surface area contributed by atoms with Gasteiger partial charge in [-0.25, -0.2) is 9.18 Å². The third-order valence-corrected chi connectivity index (χ3v) is 9.86. The van der Waals surface area contributed by atoms with E-state index in [9.17, 15) is 32.3 Å². The highest BCUT2D eigenvalue weighted by molar-refractivity contribution is 5.88. The van der Waals surface area contributed by atoms with Crippen molar-refractivity contribution < 1.29 is 41.7 Å². The highest BCUT2D eigenvalue weighted by Gasteiger charge is 2.56. The zero-order chi connectivity index (χ0) is 30.5. The Morgan fingerprint density at radius 1 is 1.05 bits per heavy atom. The average Bonchev–Trinajstić information content (AvgIpc) is 3.86. The molecule has 3 fully saturated rings. The van der Waals surface area contributed by atoms with E-state index in [1.54, 1.807) is 11.0 Å². The SMILES string of the molecule is COC1CN(C(=O)[C@@]2(C3CC3)CC[C@@H](N3CCC(c4ccc(F)c(C(=O)O)c4)CC3)CO2)Cc2cc(C(F)(F)F)ccc21. The summed E-state index contributed by atoms with van der Waals surface area (Å²) >= 11 is 0. The summed E-state index contributed by atoms with van der Waals surface area (Å²) in [4.78, 5) is 29.5. The van der Waals surface area contributed by atoms with Gasteiger partial charge >= 0.3 is 12.1 Å². The maximum atomic E-state index is 14.1. The van der Waals surface area contributed by atoms with Gasteiger partial charge in [-0.1, -0.05) is 12.1 Å². The third-order valence-electron chi connectivity index (χ3n) is 9.86. The Bertz CT molecular complexity index is 1380. The number of hydrogen-bond donors (Lipinski definition) is 1. The van der Waals surface area contributed by atoms with Crippen LogP contribution in [0.5, 0.6) is 0 Å². The fourth-order valence-electron chi connectivity index (χ4n) is 7.27. The van der Waals surface area contributed by atoms with Crippen LogP contribution >= 0.6 is 0 Å². The zero-order valence-electron chi connectivity index (χ0n) is 24.0. The van der Waals surface area contributed by atoms with Gasteiger partial charge in [-0.3, -0.25) is 9.69 Å². The van der Waals surface area contributed by atoms with Gasteiger partial charge < -0.3 is 19.5 Å². The molecular weight excluding hydrogens is 568 g/mol. The Labute approximate surface area is 247 Å². The molecule has 1 aliphatic carbocycles. The first-order valence-electron chi connectivity index (χ1n) is 14.9. The molecule has 1 unspecified atom stereocenters. The lowest BCUT2D eigenvalue weighted by molar-refractivity contribution is -0.178. The predicted molar refractivity (Wildman–Crippen MR) is 148 cm³/mol. The van der Waals surface area contributed by atoms with Crippen molar-refractivity contribution in [3.63, 3.8) is 0 Å². The van der Waals surface area contributed by atoms with Gasteiger partial charge in [0.05, 0.1) is 30.4 Å². The molecule has 0 radical (unpaired) electrons. The number of alkyl halides is 3. The monoisotopic (exact) mass is 604 g/mol. The van der Waals surface area contributed by atoms with Crippen LogP contribution in [0.3, 0.4) is 0 Å². The quantitative estimate of drug-likeness (QED) is 0.422. The molecule has 4 aliphatic rings. The Balaban J connectivity index is 1.11. The molecule has 7 nitrogen and oxygen atoms in total. The zero-order valence-corrected chi connectivity index (χ0v) is 24.0. The molecule has 3 heterocycles. The molecule has 2 aromatic carbocycles. The predicted octanol–water partition coefficient (Wildman–Crippen LogP) is 5.78. The van der Waals surface area contributed by atoms with Gasteiger partial charge in [0.25, 0.3) is 5.91 Å².